The average molecular weight is 245 g/mol. The highest BCUT2D eigenvalue weighted by Crippen LogP contribution is 2.25. The van der Waals surface area contributed by atoms with Crippen LogP contribution in [-0.2, 0) is 0 Å². The summed E-state index contributed by atoms with van der Waals surface area (Å²) < 4.78 is 5.65. The van der Waals surface area contributed by atoms with Crippen molar-refractivity contribution in [2.75, 3.05) is 6.61 Å². The number of hydrogen-bond acceptors (Lipinski definition) is 2. The van der Waals surface area contributed by atoms with Gasteiger partial charge in [0.2, 0.25) is 0 Å². The van der Waals surface area contributed by atoms with E-state index in [1.807, 2.05) is 25.1 Å². The number of hydrogen-bond donors (Lipinski definition) is 1. The molecule has 2 atom stereocenters. The third kappa shape index (κ3) is 4.09. The minimum Gasteiger partial charge on any atom is -0.494 e. The Morgan fingerprint density at radius 2 is 2.06 bits per heavy atom. The first-order valence-electron chi connectivity index (χ1n) is 6.64. The second-order valence-electron chi connectivity index (χ2n) is 4.37. The Labute approximate surface area is 111 Å². The first kappa shape index (κ1) is 14.6. The third-order valence-electron chi connectivity index (χ3n) is 3.03. The largest absolute Gasteiger partial charge is 0.494 e. The van der Waals surface area contributed by atoms with Crippen molar-refractivity contribution in [2.45, 2.75) is 45.7 Å². The molecule has 0 bridgehead atoms. The predicted octanol–water partition coefficient (Wildman–Crippen LogP) is 3.54. The maximum atomic E-state index is 5.65. The van der Waals surface area contributed by atoms with Crippen molar-refractivity contribution in [1.82, 2.24) is 5.32 Å². The van der Waals surface area contributed by atoms with Crippen molar-refractivity contribution in [3.8, 4) is 18.1 Å². The van der Waals surface area contributed by atoms with Gasteiger partial charge in [0, 0.05) is 24.1 Å². The highest BCUT2D eigenvalue weighted by Gasteiger charge is 2.14. The van der Waals surface area contributed by atoms with Gasteiger partial charge in [-0.3, -0.25) is 0 Å². The number of nitrogens with one attached hydrogen (secondary N) is 1. The zero-order valence-corrected chi connectivity index (χ0v) is 11.6. The van der Waals surface area contributed by atoms with Gasteiger partial charge in [0.25, 0.3) is 0 Å². The predicted molar refractivity (Wildman–Crippen MR) is 76.7 cm³/mol. The number of para-hydroxylation sites is 1. The molecule has 0 aliphatic carbocycles. The summed E-state index contributed by atoms with van der Waals surface area (Å²) in [7, 11) is 0. The van der Waals surface area contributed by atoms with E-state index in [1.165, 1.54) is 5.56 Å². The summed E-state index contributed by atoms with van der Waals surface area (Å²) in [5.41, 5.74) is 1.19. The third-order valence-corrected chi connectivity index (χ3v) is 3.03. The van der Waals surface area contributed by atoms with E-state index < -0.39 is 0 Å². The Morgan fingerprint density at radius 1 is 1.33 bits per heavy atom. The van der Waals surface area contributed by atoms with Crippen LogP contribution in [0.5, 0.6) is 5.75 Å². The molecule has 1 N–H and O–H groups in total. The van der Waals surface area contributed by atoms with Gasteiger partial charge in [-0.25, -0.2) is 0 Å². The van der Waals surface area contributed by atoms with Crippen molar-refractivity contribution in [3.05, 3.63) is 29.8 Å². The molecule has 0 aromatic heterocycles. The van der Waals surface area contributed by atoms with Gasteiger partial charge in [0.1, 0.15) is 5.75 Å². The van der Waals surface area contributed by atoms with E-state index in [0.717, 1.165) is 18.6 Å². The molecule has 0 saturated carbocycles. The molecule has 0 saturated heterocycles. The minimum absolute atomic E-state index is 0.242. The first-order valence-corrected chi connectivity index (χ1v) is 6.64. The van der Waals surface area contributed by atoms with Gasteiger partial charge in [-0.2, -0.15) is 0 Å². The van der Waals surface area contributed by atoms with Crippen LogP contribution in [0.3, 0.4) is 0 Å². The Balaban J connectivity index is 2.76. The van der Waals surface area contributed by atoms with Crippen LogP contribution in [0, 0.1) is 12.3 Å². The standard InChI is InChI=1S/C16H23NO/c1-5-10-14(6-2)17-13(4)15-11-8-9-12-16(15)18-7-3/h1,8-9,11-14,17H,6-7,10H2,2-4H3. The van der Waals surface area contributed by atoms with Gasteiger partial charge in [-0.1, -0.05) is 25.1 Å². The molecular formula is C16H23NO. The molecule has 2 nitrogen and oxygen atoms in total. The second-order valence-corrected chi connectivity index (χ2v) is 4.37. The smallest absolute Gasteiger partial charge is 0.124 e. The summed E-state index contributed by atoms with van der Waals surface area (Å²) in [5, 5.41) is 3.56. The van der Waals surface area contributed by atoms with Crippen molar-refractivity contribution >= 4 is 0 Å². The second kappa shape index (κ2) is 7.79. The van der Waals surface area contributed by atoms with Crippen molar-refractivity contribution in [2.24, 2.45) is 0 Å². The van der Waals surface area contributed by atoms with Crippen LogP contribution in [0.4, 0.5) is 0 Å². The molecule has 2 unspecified atom stereocenters. The van der Waals surface area contributed by atoms with Crippen LogP contribution in [0.1, 0.15) is 45.2 Å². The molecule has 0 radical (unpaired) electrons. The normalized spacial score (nSPS) is 13.7. The summed E-state index contributed by atoms with van der Waals surface area (Å²) in [6.45, 7) is 6.99. The maximum Gasteiger partial charge on any atom is 0.124 e. The lowest BCUT2D eigenvalue weighted by atomic mass is 10.0. The summed E-state index contributed by atoms with van der Waals surface area (Å²) >= 11 is 0. The van der Waals surface area contributed by atoms with Gasteiger partial charge >= 0.3 is 0 Å². The van der Waals surface area contributed by atoms with Gasteiger partial charge in [0.15, 0.2) is 0 Å². The van der Waals surface area contributed by atoms with E-state index in [0.29, 0.717) is 12.6 Å². The molecule has 2 heteroatoms. The van der Waals surface area contributed by atoms with Crippen LogP contribution in [0.25, 0.3) is 0 Å². The van der Waals surface area contributed by atoms with Crippen molar-refractivity contribution < 1.29 is 4.74 Å². The molecule has 0 heterocycles. The zero-order valence-electron chi connectivity index (χ0n) is 11.6. The van der Waals surface area contributed by atoms with Gasteiger partial charge in [-0.15, -0.1) is 12.3 Å². The van der Waals surface area contributed by atoms with Crippen LogP contribution >= 0.6 is 0 Å². The molecule has 0 aliphatic rings. The average Bonchev–Trinajstić information content (AvgIpc) is 2.39. The minimum atomic E-state index is 0.242. The fourth-order valence-corrected chi connectivity index (χ4v) is 2.03. The molecule has 1 aromatic rings. The Morgan fingerprint density at radius 3 is 2.67 bits per heavy atom. The SMILES string of the molecule is C#CCC(CC)NC(C)c1ccccc1OCC. The highest BCUT2D eigenvalue weighted by atomic mass is 16.5. The monoisotopic (exact) mass is 245 g/mol. The number of ether oxygens (including phenoxy) is 1. The lowest BCUT2D eigenvalue weighted by molar-refractivity contribution is 0.329. The highest BCUT2D eigenvalue weighted by molar-refractivity contribution is 5.35. The van der Waals surface area contributed by atoms with Crippen molar-refractivity contribution in [3.63, 3.8) is 0 Å². The summed E-state index contributed by atoms with van der Waals surface area (Å²) in [6.07, 6.45) is 7.18. The summed E-state index contributed by atoms with van der Waals surface area (Å²) in [6, 6.07) is 8.76. The maximum absolute atomic E-state index is 5.65. The number of rotatable bonds is 7. The molecule has 1 aromatic carbocycles. The van der Waals surface area contributed by atoms with E-state index in [-0.39, 0.29) is 6.04 Å². The fraction of sp³-hybridized carbons (Fsp3) is 0.500. The van der Waals surface area contributed by atoms with Crippen LogP contribution in [0.15, 0.2) is 24.3 Å². The molecule has 1 rings (SSSR count). The van der Waals surface area contributed by atoms with Crippen LogP contribution in [0.2, 0.25) is 0 Å². The van der Waals surface area contributed by atoms with Crippen LogP contribution < -0.4 is 10.1 Å². The zero-order chi connectivity index (χ0) is 13.4. The van der Waals surface area contributed by atoms with Crippen molar-refractivity contribution in [1.29, 1.82) is 0 Å². The fourth-order valence-electron chi connectivity index (χ4n) is 2.03. The molecule has 98 valence electrons. The lowest BCUT2D eigenvalue weighted by Crippen LogP contribution is -2.30. The molecule has 0 fully saturated rings. The quantitative estimate of drug-likeness (QED) is 0.742. The Bertz CT molecular complexity index is 394. The van der Waals surface area contributed by atoms with Gasteiger partial charge < -0.3 is 10.1 Å². The molecular weight excluding hydrogens is 222 g/mol. The van der Waals surface area contributed by atoms with E-state index >= 15 is 0 Å². The molecule has 0 aliphatic heterocycles. The van der Waals surface area contributed by atoms with Gasteiger partial charge in [0.05, 0.1) is 6.61 Å². The van der Waals surface area contributed by atoms with Crippen LogP contribution in [-0.4, -0.2) is 12.6 Å². The number of benzene rings is 1. The Kier molecular flexibility index (Phi) is 6.32. The van der Waals surface area contributed by atoms with E-state index in [1.54, 1.807) is 0 Å². The summed E-state index contributed by atoms with van der Waals surface area (Å²) in [4.78, 5) is 0. The van der Waals surface area contributed by atoms with E-state index in [9.17, 15) is 0 Å². The lowest BCUT2D eigenvalue weighted by Gasteiger charge is -2.22. The van der Waals surface area contributed by atoms with E-state index in [4.69, 9.17) is 11.2 Å². The van der Waals surface area contributed by atoms with Gasteiger partial charge in [-0.05, 0) is 26.3 Å². The molecule has 0 spiro atoms. The Hall–Kier alpha value is -1.46. The molecule has 18 heavy (non-hydrogen) atoms. The number of terminal acetylenes is 1. The molecule has 0 amide bonds. The first-order chi connectivity index (χ1) is 8.72. The topological polar surface area (TPSA) is 21.3 Å². The van der Waals surface area contributed by atoms with E-state index in [2.05, 4.69) is 31.2 Å². The summed E-state index contributed by atoms with van der Waals surface area (Å²) in [5.74, 6) is 3.68.